The molecule has 0 aliphatic heterocycles. The molecule has 0 atom stereocenters. The van der Waals surface area contributed by atoms with Gasteiger partial charge in [-0.15, -0.1) is 11.3 Å². The summed E-state index contributed by atoms with van der Waals surface area (Å²) in [6.07, 6.45) is 3.98. The molecule has 0 unspecified atom stereocenters. The van der Waals surface area contributed by atoms with Gasteiger partial charge in [0.05, 0.1) is 18.2 Å². The smallest absolute Gasteiger partial charge is 0.338 e. The number of nitrogens with zero attached hydrogens (tertiary/aromatic N) is 1. The van der Waals surface area contributed by atoms with Gasteiger partial charge in [0.25, 0.3) is 5.91 Å². The van der Waals surface area contributed by atoms with E-state index in [4.69, 9.17) is 9.47 Å². The monoisotopic (exact) mass is 370 g/mol. The van der Waals surface area contributed by atoms with Crippen LogP contribution < -0.4 is 10.1 Å². The van der Waals surface area contributed by atoms with Crippen molar-refractivity contribution in [1.29, 1.82) is 5.26 Å². The van der Waals surface area contributed by atoms with Crippen LogP contribution in [0.25, 0.3) is 0 Å². The summed E-state index contributed by atoms with van der Waals surface area (Å²) in [5, 5.41) is 12.6. The van der Waals surface area contributed by atoms with E-state index in [9.17, 15) is 14.9 Å². The second-order valence-corrected chi connectivity index (χ2v) is 6.98. The number of fused-ring (bicyclic) bond motifs is 1. The molecule has 1 N–H and O–H groups in total. The number of benzene rings is 1. The normalized spacial score (nSPS) is 12.6. The number of thiophene rings is 1. The molecule has 2 aromatic rings. The van der Waals surface area contributed by atoms with Crippen molar-refractivity contribution < 1.29 is 19.1 Å². The van der Waals surface area contributed by atoms with Crippen molar-refractivity contribution in [3.8, 4) is 11.8 Å². The van der Waals surface area contributed by atoms with Crippen molar-refractivity contribution in [2.24, 2.45) is 0 Å². The number of ether oxygens (including phenoxy) is 2. The van der Waals surface area contributed by atoms with Gasteiger partial charge in [0.1, 0.15) is 16.8 Å². The molecule has 0 fully saturated rings. The van der Waals surface area contributed by atoms with Gasteiger partial charge in [-0.25, -0.2) is 4.79 Å². The average molecular weight is 370 g/mol. The zero-order valence-electron chi connectivity index (χ0n) is 14.3. The van der Waals surface area contributed by atoms with E-state index in [-0.39, 0.29) is 0 Å². The molecule has 3 rings (SSSR count). The molecular formula is C19H18N2O4S. The number of rotatable bonds is 5. The van der Waals surface area contributed by atoms with Crippen molar-refractivity contribution in [2.45, 2.75) is 25.7 Å². The molecule has 1 aliphatic rings. The fourth-order valence-corrected chi connectivity index (χ4v) is 4.13. The minimum atomic E-state index is -0.589. The van der Waals surface area contributed by atoms with Gasteiger partial charge in [0.15, 0.2) is 6.61 Å². The van der Waals surface area contributed by atoms with Crippen LogP contribution in [0.4, 0.5) is 5.00 Å². The highest BCUT2D eigenvalue weighted by molar-refractivity contribution is 7.16. The molecular weight excluding hydrogens is 352 g/mol. The zero-order chi connectivity index (χ0) is 18.5. The minimum Gasteiger partial charge on any atom is -0.497 e. The summed E-state index contributed by atoms with van der Waals surface area (Å²) in [6.45, 7) is -0.404. The Morgan fingerprint density at radius 1 is 1.23 bits per heavy atom. The third-order valence-corrected chi connectivity index (χ3v) is 5.40. The molecule has 0 spiro atoms. The molecule has 0 bridgehead atoms. The fraction of sp³-hybridized carbons (Fsp3) is 0.316. The van der Waals surface area contributed by atoms with E-state index in [0.717, 1.165) is 31.2 Å². The first-order valence-electron chi connectivity index (χ1n) is 8.28. The van der Waals surface area contributed by atoms with Crippen LogP contribution in [0, 0.1) is 11.3 Å². The largest absolute Gasteiger partial charge is 0.497 e. The summed E-state index contributed by atoms with van der Waals surface area (Å²) >= 11 is 1.44. The van der Waals surface area contributed by atoms with E-state index in [0.29, 0.717) is 21.9 Å². The first-order chi connectivity index (χ1) is 12.6. The number of hydrogen-bond acceptors (Lipinski definition) is 6. The summed E-state index contributed by atoms with van der Waals surface area (Å²) in [4.78, 5) is 25.3. The number of carbonyl (C=O) groups is 2. The summed E-state index contributed by atoms with van der Waals surface area (Å²) in [5.41, 5.74) is 1.93. The molecule has 0 saturated heterocycles. The van der Waals surface area contributed by atoms with Crippen LogP contribution in [0.15, 0.2) is 24.3 Å². The number of amides is 1. The Morgan fingerprint density at radius 3 is 2.65 bits per heavy atom. The molecule has 1 heterocycles. The van der Waals surface area contributed by atoms with Gasteiger partial charge in [0.2, 0.25) is 0 Å². The molecule has 1 amide bonds. The van der Waals surface area contributed by atoms with Crippen molar-refractivity contribution >= 4 is 28.2 Å². The van der Waals surface area contributed by atoms with Gasteiger partial charge < -0.3 is 14.8 Å². The van der Waals surface area contributed by atoms with Gasteiger partial charge >= 0.3 is 5.97 Å². The number of hydrogen-bond donors (Lipinski definition) is 1. The predicted molar refractivity (Wildman–Crippen MR) is 97.6 cm³/mol. The Kier molecular flexibility index (Phi) is 5.54. The minimum absolute atomic E-state index is 0.336. The molecule has 0 radical (unpaired) electrons. The molecule has 26 heavy (non-hydrogen) atoms. The van der Waals surface area contributed by atoms with Crippen LogP contribution in [0.5, 0.6) is 5.75 Å². The third-order valence-electron chi connectivity index (χ3n) is 4.20. The Morgan fingerprint density at radius 2 is 1.96 bits per heavy atom. The van der Waals surface area contributed by atoms with E-state index >= 15 is 0 Å². The van der Waals surface area contributed by atoms with E-state index in [1.807, 2.05) is 0 Å². The lowest BCUT2D eigenvalue weighted by Gasteiger charge is -2.09. The lowest BCUT2D eigenvalue weighted by molar-refractivity contribution is -0.119. The van der Waals surface area contributed by atoms with Crippen LogP contribution in [0.1, 0.15) is 39.2 Å². The third kappa shape index (κ3) is 3.86. The van der Waals surface area contributed by atoms with E-state index in [2.05, 4.69) is 11.4 Å². The maximum absolute atomic E-state index is 12.1. The maximum Gasteiger partial charge on any atom is 0.338 e. The molecule has 1 aliphatic carbocycles. The number of esters is 1. The van der Waals surface area contributed by atoms with Crippen LogP contribution in [-0.4, -0.2) is 25.6 Å². The Hall–Kier alpha value is -2.85. The van der Waals surface area contributed by atoms with E-state index in [1.54, 1.807) is 24.3 Å². The summed E-state index contributed by atoms with van der Waals surface area (Å²) in [5.74, 6) is -0.416. The highest BCUT2D eigenvalue weighted by Gasteiger charge is 2.22. The van der Waals surface area contributed by atoms with Crippen molar-refractivity contribution in [1.82, 2.24) is 0 Å². The predicted octanol–water partition coefficient (Wildman–Crippen LogP) is 3.30. The molecule has 134 valence electrons. The first-order valence-corrected chi connectivity index (χ1v) is 9.09. The van der Waals surface area contributed by atoms with Gasteiger partial charge in [0, 0.05) is 4.88 Å². The molecule has 7 heteroatoms. The van der Waals surface area contributed by atoms with Gasteiger partial charge in [-0.1, -0.05) is 0 Å². The molecule has 1 aromatic carbocycles. The second-order valence-electron chi connectivity index (χ2n) is 5.88. The molecule has 0 saturated carbocycles. The van der Waals surface area contributed by atoms with Crippen molar-refractivity contribution in [3.05, 3.63) is 45.8 Å². The Balaban J connectivity index is 1.60. The molecule has 6 nitrogen and oxygen atoms in total. The standard InChI is InChI=1S/C19H18N2O4S/c1-24-13-8-6-12(7-9-13)19(23)25-11-17(22)21-18-15(10-20)14-4-2-3-5-16(14)26-18/h6-9H,2-5,11H2,1H3,(H,21,22). The lowest BCUT2D eigenvalue weighted by Crippen LogP contribution is -2.20. The number of methoxy groups -OCH3 is 1. The lowest BCUT2D eigenvalue weighted by atomic mass is 9.96. The van der Waals surface area contributed by atoms with Crippen LogP contribution in [0.2, 0.25) is 0 Å². The number of carbonyl (C=O) groups excluding carboxylic acids is 2. The SMILES string of the molecule is COc1ccc(C(=O)OCC(=O)Nc2sc3c(c2C#N)CCCC3)cc1. The van der Waals surface area contributed by atoms with E-state index < -0.39 is 18.5 Å². The van der Waals surface area contributed by atoms with Crippen LogP contribution in [0.3, 0.4) is 0 Å². The van der Waals surface area contributed by atoms with Crippen LogP contribution >= 0.6 is 11.3 Å². The van der Waals surface area contributed by atoms with Gasteiger partial charge in [-0.2, -0.15) is 5.26 Å². The number of nitriles is 1. The Labute approximate surface area is 155 Å². The zero-order valence-corrected chi connectivity index (χ0v) is 15.1. The Bertz CT molecular complexity index is 865. The summed E-state index contributed by atoms with van der Waals surface area (Å²) < 4.78 is 10.1. The number of nitrogens with one attached hydrogen (secondary N) is 1. The quantitative estimate of drug-likeness (QED) is 0.816. The topological polar surface area (TPSA) is 88.4 Å². The van der Waals surface area contributed by atoms with Crippen molar-refractivity contribution in [2.75, 3.05) is 19.0 Å². The number of anilines is 1. The van der Waals surface area contributed by atoms with E-state index in [1.165, 1.54) is 23.3 Å². The highest BCUT2D eigenvalue weighted by atomic mass is 32.1. The van der Waals surface area contributed by atoms with Crippen LogP contribution in [-0.2, 0) is 22.4 Å². The molecule has 1 aromatic heterocycles. The summed E-state index contributed by atoms with van der Waals surface area (Å²) in [6, 6.07) is 8.62. The van der Waals surface area contributed by atoms with Gasteiger partial charge in [-0.05, 0) is 55.5 Å². The maximum atomic E-state index is 12.1. The van der Waals surface area contributed by atoms with Gasteiger partial charge in [-0.3, -0.25) is 4.79 Å². The fourth-order valence-electron chi connectivity index (χ4n) is 2.88. The first kappa shape index (κ1) is 18.0. The van der Waals surface area contributed by atoms with Crippen molar-refractivity contribution in [3.63, 3.8) is 0 Å². The summed E-state index contributed by atoms with van der Waals surface area (Å²) in [7, 11) is 1.54. The average Bonchev–Trinajstić information content (AvgIpc) is 3.03. The number of aryl methyl sites for hydroxylation is 1. The second kappa shape index (κ2) is 8.02. The highest BCUT2D eigenvalue weighted by Crippen LogP contribution is 2.37.